The number of hydrogen-bond donors (Lipinski definition) is 2. The van der Waals surface area contributed by atoms with E-state index in [-0.39, 0.29) is 5.91 Å². The van der Waals surface area contributed by atoms with Gasteiger partial charge < -0.3 is 20.1 Å². The van der Waals surface area contributed by atoms with Crippen molar-refractivity contribution in [3.8, 4) is 0 Å². The molecule has 25 heavy (non-hydrogen) atoms. The molecule has 0 atom stereocenters. The number of carbonyl (C=O) groups excluding carboxylic acids is 2. The van der Waals surface area contributed by atoms with Crippen molar-refractivity contribution in [2.24, 2.45) is 0 Å². The third-order valence-corrected chi connectivity index (χ3v) is 3.42. The molecule has 0 bridgehead atoms. The molecule has 2 aromatic rings. The molecule has 1 aromatic heterocycles. The Bertz CT molecular complexity index is 734. The molecular weight excluding hydrogens is 322 g/mol. The number of methoxy groups -OCH3 is 2. The molecule has 132 valence electrons. The van der Waals surface area contributed by atoms with E-state index in [1.54, 1.807) is 43.6 Å². The van der Waals surface area contributed by atoms with Gasteiger partial charge in [0, 0.05) is 26.5 Å². The van der Waals surface area contributed by atoms with Gasteiger partial charge in [-0.15, -0.1) is 0 Å². The van der Waals surface area contributed by atoms with Crippen LogP contribution in [0.25, 0.3) is 0 Å². The number of nitrogens with zero attached hydrogens (tertiary/aromatic N) is 1. The Labute approximate surface area is 146 Å². The highest BCUT2D eigenvalue weighted by molar-refractivity contribution is 5.97. The topological polar surface area (TPSA) is 89.5 Å². The lowest BCUT2D eigenvalue weighted by molar-refractivity contribution is 0.0601. The summed E-state index contributed by atoms with van der Waals surface area (Å²) in [5, 5.41) is 5.90. The number of nitrogens with one attached hydrogen (secondary N) is 2. The Morgan fingerprint density at radius 2 is 1.96 bits per heavy atom. The van der Waals surface area contributed by atoms with Crippen molar-refractivity contribution in [2.45, 2.75) is 6.42 Å². The molecule has 1 amide bonds. The number of esters is 1. The fourth-order valence-corrected chi connectivity index (χ4v) is 2.19. The summed E-state index contributed by atoms with van der Waals surface area (Å²) in [6.07, 6.45) is 3.80. The quantitative estimate of drug-likeness (QED) is 0.565. The Kier molecular flexibility index (Phi) is 6.91. The van der Waals surface area contributed by atoms with Crippen LogP contribution in [-0.2, 0) is 9.47 Å². The van der Waals surface area contributed by atoms with Crippen LogP contribution in [0.2, 0.25) is 0 Å². The maximum atomic E-state index is 12.1. The molecule has 7 heteroatoms. The molecule has 2 rings (SSSR count). The number of aromatic nitrogens is 1. The minimum Gasteiger partial charge on any atom is -0.465 e. The van der Waals surface area contributed by atoms with Crippen molar-refractivity contribution in [3.63, 3.8) is 0 Å². The highest BCUT2D eigenvalue weighted by Gasteiger charge is 2.12. The van der Waals surface area contributed by atoms with E-state index in [0.717, 1.165) is 6.42 Å². The maximum absolute atomic E-state index is 12.1. The van der Waals surface area contributed by atoms with Gasteiger partial charge in [0.1, 0.15) is 0 Å². The Balaban J connectivity index is 2.09. The van der Waals surface area contributed by atoms with E-state index in [1.165, 1.54) is 13.3 Å². The fraction of sp³-hybridized carbons (Fsp3) is 0.278. The number of anilines is 2. The number of carbonyl (C=O) groups is 2. The Morgan fingerprint density at radius 3 is 2.72 bits per heavy atom. The molecule has 0 fully saturated rings. The smallest absolute Gasteiger partial charge is 0.339 e. The van der Waals surface area contributed by atoms with E-state index in [0.29, 0.717) is 35.7 Å². The molecule has 0 saturated heterocycles. The fourth-order valence-electron chi connectivity index (χ4n) is 2.19. The molecule has 7 nitrogen and oxygen atoms in total. The zero-order chi connectivity index (χ0) is 18.1. The van der Waals surface area contributed by atoms with Crippen molar-refractivity contribution in [1.82, 2.24) is 10.3 Å². The van der Waals surface area contributed by atoms with E-state index in [9.17, 15) is 9.59 Å². The molecule has 0 aliphatic rings. The van der Waals surface area contributed by atoms with Gasteiger partial charge in [0.15, 0.2) is 0 Å². The third kappa shape index (κ3) is 5.29. The van der Waals surface area contributed by atoms with E-state index >= 15 is 0 Å². The second-order valence-corrected chi connectivity index (χ2v) is 5.23. The van der Waals surface area contributed by atoms with Gasteiger partial charge in [-0.25, -0.2) is 4.79 Å². The predicted molar refractivity (Wildman–Crippen MR) is 94.1 cm³/mol. The van der Waals surface area contributed by atoms with Crippen molar-refractivity contribution in [1.29, 1.82) is 0 Å². The lowest BCUT2D eigenvalue weighted by Crippen LogP contribution is -2.25. The van der Waals surface area contributed by atoms with Gasteiger partial charge in [0.25, 0.3) is 5.91 Å². The van der Waals surface area contributed by atoms with Crippen LogP contribution in [-0.4, -0.2) is 44.2 Å². The summed E-state index contributed by atoms with van der Waals surface area (Å²) in [5.74, 6) is -0.656. The van der Waals surface area contributed by atoms with Gasteiger partial charge in [-0.1, -0.05) is 12.1 Å². The number of ether oxygens (including phenoxy) is 2. The standard InChI is InChI=1S/C18H21N3O4/c1-24-9-5-8-20-17(22)13-10-14(12-19-11-13)21-16-7-4-3-6-15(16)18(23)25-2/h3-4,6-7,10-12,21H,5,8-9H2,1-2H3,(H,20,22). The van der Waals surface area contributed by atoms with Gasteiger partial charge in [-0.3, -0.25) is 9.78 Å². The molecule has 1 aromatic carbocycles. The highest BCUT2D eigenvalue weighted by Crippen LogP contribution is 2.21. The summed E-state index contributed by atoms with van der Waals surface area (Å²) < 4.78 is 9.72. The summed E-state index contributed by atoms with van der Waals surface area (Å²) in [4.78, 5) is 28.0. The van der Waals surface area contributed by atoms with Crippen LogP contribution in [0, 0.1) is 0 Å². The summed E-state index contributed by atoms with van der Waals surface area (Å²) in [6.45, 7) is 1.11. The minimum atomic E-state index is -0.442. The zero-order valence-electron chi connectivity index (χ0n) is 14.2. The number of rotatable bonds is 8. The van der Waals surface area contributed by atoms with Crippen LogP contribution in [0.3, 0.4) is 0 Å². The zero-order valence-corrected chi connectivity index (χ0v) is 14.2. The number of hydrogen-bond acceptors (Lipinski definition) is 6. The van der Waals surface area contributed by atoms with Gasteiger partial charge in [0.2, 0.25) is 0 Å². The molecular formula is C18H21N3O4. The average molecular weight is 343 g/mol. The van der Waals surface area contributed by atoms with Crippen LogP contribution in [0.5, 0.6) is 0 Å². The predicted octanol–water partition coefficient (Wildman–Crippen LogP) is 2.38. The van der Waals surface area contributed by atoms with Gasteiger partial charge in [-0.05, 0) is 24.6 Å². The van der Waals surface area contributed by atoms with E-state index in [1.807, 2.05) is 0 Å². The molecule has 0 aliphatic carbocycles. The lowest BCUT2D eigenvalue weighted by Gasteiger charge is -2.11. The van der Waals surface area contributed by atoms with Crippen LogP contribution in [0.4, 0.5) is 11.4 Å². The van der Waals surface area contributed by atoms with E-state index < -0.39 is 5.97 Å². The van der Waals surface area contributed by atoms with Gasteiger partial charge in [0.05, 0.1) is 35.8 Å². The highest BCUT2D eigenvalue weighted by atomic mass is 16.5. The van der Waals surface area contributed by atoms with Crippen LogP contribution < -0.4 is 10.6 Å². The molecule has 0 spiro atoms. The van der Waals surface area contributed by atoms with Gasteiger partial charge >= 0.3 is 5.97 Å². The van der Waals surface area contributed by atoms with Crippen LogP contribution in [0.15, 0.2) is 42.7 Å². The number of para-hydroxylation sites is 1. The SMILES string of the molecule is COCCCNC(=O)c1cncc(Nc2ccccc2C(=O)OC)c1. The molecule has 1 heterocycles. The van der Waals surface area contributed by atoms with Crippen molar-refractivity contribution >= 4 is 23.3 Å². The first-order chi connectivity index (χ1) is 12.2. The summed E-state index contributed by atoms with van der Waals surface area (Å²) >= 11 is 0. The number of amides is 1. The van der Waals surface area contributed by atoms with Crippen molar-refractivity contribution in [2.75, 3.05) is 32.7 Å². The molecule has 0 unspecified atom stereocenters. The number of pyridine rings is 1. The Morgan fingerprint density at radius 1 is 1.16 bits per heavy atom. The van der Waals surface area contributed by atoms with E-state index in [2.05, 4.69) is 15.6 Å². The Hall–Kier alpha value is -2.93. The van der Waals surface area contributed by atoms with Crippen molar-refractivity contribution in [3.05, 3.63) is 53.9 Å². The van der Waals surface area contributed by atoms with Crippen molar-refractivity contribution < 1.29 is 19.1 Å². The summed E-state index contributed by atoms with van der Waals surface area (Å²) in [5.41, 5.74) is 2.01. The van der Waals surface area contributed by atoms with Gasteiger partial charge in [-0.2, -0.15) is 0 Å². The van der Waals surface area contributed by atoms with Crippen LogP contribution >= 0.6 is 0 Å². The third-order valence-electron chi connectivity index (χ3n) is 3.42. The molecule has 0 saturated carbocycles. The second kappa shape index (κ2) is 9.39. The normalized spacial score (nSPS) is 10.2. The van der Waals surface area contributed by atoms with E-state index in [4.69, 9.17) is 9.47 Å². The minimum absolute atomic E-state index is 0.214. The maximum Gasteiger partial charge on any atom is 0.339 e. The first-order valence-corrected chi connectivity index (χ1v) is 7.82. The average Bonchev–Trinajstić information content (AvgIpc) is 2.65. The molecule has 0 radical (unpaired) electrons. The monoisotopic (exact) mass is 343 g/mol. The summed E-state index contributed by atoms with van der Waals surface area (Å²) in [6, 6.07) is 8.64. The first kappa shape index (κ1) is 18.4. The summed E-state index contributed by atoms with van der Waals surface area (Å²) in [7, 11) is 2.95. The van der Waals surface area contributed by atoms with Crippen LogP contribution in [0.1, 0.15) is 27.1 Å². The molecule has 2 N–H and O–H groups in total. The lowest BCUT2D eigenvalue weighted by atomic mass is 10.1. The second-order valence-electron chi connectivity index (χ2n) is 5.23. The largest absolute Gasteiger partial charge is 0.465 e. The number of benzene rings is 1. The first-order valence-electron chi connectivity index (χ1n) is 7.82. The molecule has 0 aliphatic heterocycles.